The van der Waals surface area contributed by atoms with Gasteiger partial charge in [-0.3, -0.25) is 4.79 Å². The lowest BCUT2D eigenvalue weighted by molar-refractivity contribution is -0.114. The van der Waals surface area contributed by atoms with Crippen LogP contribution in [0.15, 0.2) is 23.1 Å². The van der Waals surface area contributed by atoms with Crippen molar-refractivity contribution in [1.82, 2.24) is 0 Å². The minimum Gasteiger partial charge on any atom is -0.366 e. The van der Waals surface area contributed by atoms with Crippen LogP contribution in [0.1, 0.15) is 6.92 Å². The second-order valence-corrected chi connectivity index (χ2v) is 4.71. The van der Waals surface area contributed by atoms with Crippen LogP contribution in [0.4, 0.5) is 0 Å². The first kappa shape index (κ1) is 11.2. The van der Waals surface area contributed by atoms with Gasteiger partial charge in [0.25, 0.3) is 9.05 Å². The van der Waals surface area contributed by atoms with E-state index in [-0.39, 0.29) is 10.5 Å². The van der Waals surface area contributed by atoms with Crippen LogP contribution in [0.3, 0.4) is 0 Å². The standard InChI is InChI=1S/C6H8ClNO3S/c1-4(6(8)9)3-5(2)12(7,10)11/h3H,2H2,1H3,(H2,8,9)/b4-3+. The molecule has 0 aliphatic heterocycles. The van der Waals surface area contributed by atoms with Gasteiger partial charge in [0.05, 0.1) is 4.91 Å². The van der Waals surface area contributed by atoms with Gasteiger partial charge in [0.15, 0.2) is 0 Å². The number of halogens is 1. The molecule has 0 unspecified atom stereocenters. The largest absolute Gasteiger partial charge is 0.366 e. The number of carbonyl (C=O) groups excluding carboxylic acids is 1. The Hall–Kier alpha value is -0.810. The molecule has 0 aromatic carbocycles. The van der Waals surface area contributed by atoms with E-state index in [1.807, 2.05) is 0 Å². The molecule has 0 aromatic rings. The second-order valence-electron chi connectivity index (χ2n) is 2.10. The Morgan fingerprint density at radius 3 is 2.25 bits per heavy atom. The average Bonchev–Trinajstić information content (AvgIpc) is 1.85. The Morgan fingerprint density at radius 1 is 1.58 bits per heavy atom. The van der Waals surface area contributed by atoms with E-state index in [2.05, 4.69) is 6.58 Å². The summed E-state index contributed by atoms with van der Waals surface area (Å²) in [6.07, 6.45) is 1.02. The van der Waals surface area contributed by atoms with Gasteiger partial charge in [0.1, 0.15) is 0 Å². The summed E-state index contributed by atoms with van der Waals surface area (Å²) < 4.78 is 21.1. The van der Waals surface area contributed by atoms with E-state index in [0.717, 1.165) is 6.08 Å². The van der Waals surface area contributed by atoms with Crippen molar-refractivity contribution < 1.29 is 13.2 Å². The molecule has 0 aromatic heterocycles. The van der Waals surface area contributed by atoms with E-state index in [0.29, 0.717) is 0 Å². The predicted octanol–water partition coefficient (Wildman–Crippen LogP) is 0.500. The summed E-state index contributed by atoms with van der Waals surface area (Å²) >= 11 is 0. The van der Waals surface area contributed by atoms with Gasteiger partial charge < -0.3 is 5.73 Å². The zero-order valence-electron chi connectivity index (χ0n) is 6.37. The highest BCUT2D eigenvalue weighted by atomic mass is 35.7. The number of hydrogen-bond donors (Lipinski definition) is 1. The van der Waals surface area contributed by atoms with E-state index in [1.165, 1.54) is 6.92 Å². The topological polar surface area (TPSA) is 77.2 Å². The molecular formula is C6H8ClNO3S. The second kappa shape index (κ2) is 3.73. The van der Waals surface area contributed by atoms with Crippen molar-refractivity contribution in [1.29, 1.82) is 0 Å². The predicted molar refractivity (Wildman–Crippen MR) is 46.9 cm³/mol. The lowest BCUT2D eigenvalue weighted by atomic mass is 10.3. The summed E-state index contributed by atoms with van der Waals surface area (Å²) in [5.74, 6) is -0.712. The Kier molecular flexibility index (Phi) is 3.48. The minimum atomic E-state index is -3.84. The smallest absolute Gasteiger partial charge is 0.260 e. The van der Waals surface area contributed by atoms with Crippen molar-refractivity contribution in [3.8, 4) is 0 Å². The number of allylic oxidation sites excluding steroid dienone is 1. The number of amides is 1. The monoisotopic (exact) mass is 209 g/mol. The first-order chi connectivity index (χ1) is 5.25. The van der Waals surface area contributed by atoms with Crippen LogP contribution in [0.25, 0.3) is 0 Å². The van der Waals surface area contributed by atoms with Crippen molar-refractivity contribution in [3.05, 3.63) is 23.1 Å². The van der Waals surface area contributed by atoms with E-state index < -0.39 is 15.0 Å². The first-order valence-corrected chi connectivity index (χ1v) is 5.17. The normalized spacial score (nSPS) is 12.7. The molecule has 6 heteroatoms. The SMILES string of the molecule is C=C(/C=C(\C)C(N)=O)S(=O)(=O)Cl. The van der Waals surface area contributed by atoms with Crippen LogP contribution in [-0.2, 0) is 13.8 Å². The molecule has 0 saturated heterocycles. The molecule has 0 saturated carbocycles. The van der Waals surface area contributed by atoms with Crippen LogP contribution >= 0.6 is 10.7 Å². The van der Waals surface area contributed by atoms with Crippen LogP contribution in [0, 0.1) is 0 Å². The fraction of sp³-hybridized carbons (Fsp3) is 0.167. The third kappa shape index (κ3) is 3.54. The van der Waals surface area contributed by atoms with Crippen LogP contribution < -0.4 is 5.73 Å². The van der Waals surface area contributed by atoms with Gasteiger partial charge in [-0.15, -0.1) is 0 Å². The summed E-state index contributed by atoms with van der Waals surface area (Å²) in [5.41, 5.74) is 4.93. The molecule has 2 N–H and O–H groups in total. The fourth-order valence-electron chi connectivity index (χ4n) is 0.383. The molecule has 0 fully saturated rings. The Labute approximate surface area is 75.1 Å². The summed E-state index contributed by atoms with van der Waals surface area (Å²) in [7, 11) is 1.07. The molecule has 0 rings (SSSR count). The fourth-order valence-corrected chi connectivity index (χ4v) is 0.834. The summed E-state index contributed by atoms with van der Waals surface area (Å²) in [4.78, 5) is 10.1. The maximum atomic E-state index is 10.6. The van der Waals surface area contributed by atoms with Gasteiger partial charge in [0, 0.05) is 16.3 Å². The van der Waals surface area contributed by atoms with Crippen LogP contribution in [0.2, 0.25) is 0 Å². The van der Waals surface area contributed by atoms with Gasteiger partial charge in [-0.2, -0.15) is 0 Å². The summed E-state index contributed by atoms with van der Waals surface area (Å²) in [5, 5.41) is 0. The molecule has 0 atom stereocenters. The number of hydrogen-bond acceptors (Lipinski definition) is 3. The van der Waals surface area contributed by atoms with Crippen molar-refractivity contribution in [2.45, 2.75) is 6.92 Å². The van der Waals surface area contributed by atoms with Crippen molar-refractivity contribution in [2.75, 3.05) is 0 Å². The highest BCUT2D eigenvalue weighted by Gasteiger charge is 2.09. The third-order valence-electron chi connectivity index (χ3n) is 1.08. The summed E-state index contributed by atoms with van der Waals surface area (Å²) in [6, 6.07) is 0. The average molecular weight is 210 g/mol. The van der Waals surface area contributed by atoms with E-state index >= 15 is 0 Å². The van der Waals surface area contributed by atoms with Crippen molar-refractivity contribution in [3.63, 3.8) is 0 Å². The van der Waals surface area contributed by atoms with E-state index in [1.54, 1.807) is 0 Å². The van der Waals surface area contributed by atoms with Gasteiger partial charge >= 0.3 is 0 Å². The number of nitrogens with two attached hydrogens (primary N) is 1. The molecular weight excluding hydrogens is 202 g/mol. The van der Waals surface area contributed by atoms with Gasteiger partial charge in [-0.05, 0) is 13.0 Å². The highest BCUT2D eigenvalue weighted by Crippen LogP contribution is 2.12. The Bertz CT molecular complexity index is 342. The molecule has 0 radical (unpaired) electrons. The maximum Gasteiger partial charge on any atom is 0.260 e. The van der Waals surface area contributed by atoms with Crippen LogP contribution in [-0.4, -0.2) is 14.3 Å². The van der Waals surface area contributed by atoms with E-state index in [4.69, 9.17) is 16.4 Å². The minimum absolute atomic E-state index is 0.0872. The van der Waals surface area contributed by atoms with Gasteiger partial charge in [0.2, 0.25) is 5.91 Å². The summed E-state index contributed by atoms with van der Waals surface area (Å²) in [6.45, 7) is 4.51. The zero-order chi connectivity index (χ0) is 9.94. The lowest BCUT2D eigenvalue weighted by Crippen LogP contribution is -2.12. The molecule has 0 aliphatic rings. The molecule has 4 nitrogen and oxygen atoms in total. The molecule has 0 heterocycles. The molecule has 0 aliphatic carbocycles. The molecule has 0 spiro atoms. The van der Waals surface area contributed by atoms with E-state index in [9.17, 15) is 13.2 Å². The van der Waals surface area contributed by atoms with Crippen LogP contribution in [0.5, 0.6) is 0 Å². The highest BCUT2D eigenvalue weighted by molar-refractivity contribution is 8.16. The number of carbonyl (C=O) groups is 1. The Balaban J connectivity index is 4.81. The number of primary amides is 1. The Morgan fingerprint density at radius 2 is 2.00 bits per heavy atom. The van der Waals surface area contributed by atoms with Gasteiger partial charge in [-0.25, -0.2) is 8.42 Å². The molecule has 1 amide bonds. The lowest BCUT2D eigenvalue weighted by Gasteiger charge is -1.95. The third-order valence-corrected chi connectivity index (χ3v) is 2.42. The van der Waals surface area contributed by atoms with Gasteiger partial charge in [-0.1, -0.05) is 6.58 Å². The zero-order valence-corrected chi connectivity index (χ0v) is 7.95. The van der Waals surface area contributed by atoms with Crippen molar-refractivity contribution in [2.24, 2.45) is 5.73 Å². The first-order valence-electron chi connectivity index (χ1n) is 2.87. The molecule has 12 heavy (non-hydrogen) atoms. The number of rotatable bonds is 3. The van der Waals surface area contributed by atoms with Crippen molar-refractivity contribution >= 4 is 25.6 Å². The quantitative estimate of drug-likeness (QED) is 0.418. The molecule has 0 bridgehead atoms. The maximum absolute atomic E-state index is 10.6. The molecule has 68 valence electrons.